The number of hydrogen-bond donors (Lipinski definition) is 2. The third-order valence-electron chi connectivity index (χ3n) is 3.87. The van der Waals surface area contributed by atoms with Crippen molar-refractivity contribution >= 4 is 11.8 Å². The van der Waals surface area contributed by atoms with Crippen LogP contribution in [-0.4, -0.2) is 97.6 Å². The minimum absolute atomic E-state index is 0.0342. The summed E-state index contributed by atoms with van der Waals surface area (Å²) in [6.07, 6.45) is 2.76. The number of rotatable bonds is 16. The van der Waals surface area contributed by atoms with E-state index in [0.29, 0.717) is 78.3 Å². The molecule has 192 valence electrons. The Labute approximate surface area is 203 Å². The number of carbonyl (C=O) groups excluding carboxylic acids is 2. The van der Waals surface area contributed by atoms with E-state index in [1.165, 1.54) is 11.0 Å². The van der Waals surface area contributed by atoms with Crippen molar-refractivity contribution in [3.05, 3.63) is 12.7 Å². The highest BCUT2D eigenvalue weighted by molar-refractivity contribution is 5.76. The Morgan fingerprint density at radius 1 is 0.794 bits per heavy atom. The molecule has 0 heterocycles. The van der Waals surface area contributed by atoms with Crippen molar-refractivity contribution in [3.63, 3.8) is 0 Å². The van der Waals surface area contributed by atoms with E-state index in [0.717, 1.165) is 0 Å². The predicted octanol–water partition coefficient (Wildman–Crippen LogP) is 0.991. The summed E-state index contributed by atoms with van der Waals surface area (Å²) in [5.74, 6) is 0.0147. The molecular weight excluding hydrogens is 442 g/mol. The SMILES string of the molecule is C=CC#N.CCC(=O)N(CCO)CCO.CCC(=O)N(CCOCCC#N)CCOCCC#N. The highest BCUT2D eigenvalue weighted by Crippen LogP contribution is 1.96. The monoisotopic (exact) mass is 481 g/mol. The maximum Gasteiger partial charge on any atom is 0.222 e. The molecule has 11 heteroatoms. The van der Waals surface area contributed by atoms with Crippen LogP contribution < -0.4 is 0 Å². The zero-order valence-corrected chi connectivity index (χ0v) is 20.4. The molecule has 0 atom stereocenters. The molecule has 0 aromatic heterocycles. The van der Waals surface area contributed by atoms with E-state index in [4.69, 9.17) is 35.5 Å². The summed E-state index contributed by atoms with van der Waals surface area (Å²) < 4.78 is 10.5. The Morgan fingerprint density at radius 2 is 1.15 bits per heavy atom. The van der Waals surface area contributed by atoms with E-state index in [1.807, 2.05) is 19.1 Å². The molecule has 34 heavy (non-hydrogen) atoms. The number of aliphatic hydroxyl groups excluding tert-OH is 2. The zero-order chi connectivity index (χ0) is 26.5. The van der Waals surface area contributed by atoms with E-state index in [1.54, 1.807) is 17.9 Å². The predicted molar refractivity (Wildman–Crippen MR) is 126 cm³/mol. The van der Waals surface area contributed by atoms with E-state index in [2.05, 4.69) is 6.58 Å². The van der Waals surface area contributed by atoms with Crippen LogP contribution in [0.15, 0.2) is 12.7 Å². The van der Waals surface area contributed by atoms with Gasteiger partial charge >= 0.3 is 0 Å². The highest BCUT2D eigenvalue weighted by Gasteiger charge is 2.11. The van der Waals surface area contributed by atoms with Gasteiger partial charge in [0.05, 0.1) is 70.7 Å². The van der Waals surface area contributed by atoms with Crippen molar-refractivity contribution in [2.45, 2.75) is 39.5 Å². The van der Waals surface area contributed by atoms with Crippen LogP contribution in [0.4, 0.5) is 0 Å². The molecule has 0 aliphatic carbocycles. The first-order chi connectivity index (χ1) is 16.4. The van der Waals surface area contributed by atoms with Gasteiger partial charge in [-0.3, -0.25) is 9.59 Å². The van der Waals surface area contributed by atoms with Gasteiger partial charge in [0, 0.05) is 45.1 Å². The number of amides is 2. The van der Waals surface area contributed by atoms with Gasteiger partial charge < -0.3 is 29.5 Å². The van der Waals surface area contributed by atoms with E-state index >= 15 is 0 Å². The van der Waals surface area contributed by atoms with Crippen molar-refractivity contribution in [2.75, 3.05) is 65.8 Å². The van der Waals surface area contributed by atoms with Crippen molar-refractivity contribution in [3.8, 4) is 18.2 Å². The lowest BCUT2D eigenvalue weighted by atomic mass is 10.3. The lowest BCUT2D eigenvalue weighted by Crippen LogP contribution is -2.36. The number of carbonyl (C=O) groups is 2. The second-order valence-electron chi connectivity index (χ2n) is 6.29. The maximum atomic E-state index is 11.7. The number of allylic oxidation sites excluding steroid dienone is 1. The summed E-state index contributed by atoms with van der Waals surface area (Å²) in [6.45, 7) is 9.83. The highest BCUT2D eigenvalue weighted by atomic mass is 16.5. The smallest absolute Gasteiger partial charge is 0.222 e. The third-order valence-corrected chi connectivity index (χ3v) is 3.87. The van der Waals surface area contributed by atoms with Gasteiger partial charge in [0.2, 0.25) is 11.8 Å². The van der Waals surface area contributed by atoms with Gasteiger partial charge in [-0.25, -0.2) is 0 Å². The van der Waals surface area contributed by atoms with E-state index < -0.39 is 0 Å². The molecular formula is C23H39N5O6. The molecule has 0 saturated carbocycles. The summed E-state index contributed by atoms with van der Waals surface area (Å²) in [6, 6.07) is 5.68. The lowest BCUT2D eigenvalue weighted by Gasteiger charge is -2.22. The van der Waals surface area contributed by atoms with Gasteiger partial charge in [-0.15, -0.1) is 0 Å². The molecule has 11 nitrogen and oxygen atoms in total. The number of ether oxygens (including phenoxy) is 2. The van der Waals surface area contributed by atoms with Crippen LogP contribution in [0.3, 0.4) is 0 Å². The average molecular weight is 482 g/mol. The van der Waals surface area contributed by atoms with Crippen LogP contribution in [0.25, 0.3) is 0 Å². The van der Waals surface area contributed by atoms with Gasteiger partial charge in [-0.1, -0.05) is 20.4 Å². The largest absolute Gasteiger partial charge is 0.395 e. The first-order valence-corrected chi connectivity index (χ1v) is 11.1. The second-order valence-corrected chi connectivity index (χ2v) is 6.29. The molecule has 0 saturated heterocycles. The van der Waals surface area contributed by atoms with Crippen LogP contribution in [-0.2, 0) is 19.1 Å². The van der Waals surface area contributed by atoms with E-state index in [9.17, 15) is 9.59 Å². The number of aliphatic hydroxyl groups is 2. The molecule has 0 spiro atoms. The Kier molecular flexibility index (Phi) is 31.4. The Bertz CT molecular complexity index is 609. The molecule has 0 aliphatic rings. The molecule has 0 rings (SSSR count). The van der Waals surface area contributed by atoms with Crippen LogP contribution in [0, 0.1) is 34.0 Å². The fourth-order valence-electron chi connectivity index (χ4n) is 2.20. The summed E-state index contributed by atoms with van der Waals surface area (Å²) in [4.78, 5) is 25.8. The third kappa shape index (κ3) is 25.3. The van der Waals surface area contributed by atoms with Crippen LogP contribution in [0.2, 0.25) is 0 Å². The van der Waals surface area contributed by atoms with Crippen molar-refractivity contribution in [1.82, 2.24) is 9.80 Å². The van der Waals surface area contributed by atoms with E-state index in [-0.39, 0.29) is 25.0 Å². The zero-order valence-electron chi connectivity index (χ0n) is 20.4. The van der Waals surface area contributed by atoms with Gasteiger partial charge in [-0.2, -0.15) is 15.8 Å². The molecule has 0 aromatic carbocycles. The Morgan fingerprint density at radius 3 is 1.41 bits per heavy atom. The fraction of sp³-hybridized carbons (Fsp3) is 0.696. The number of nitrogens with zero attached hydrogens (tertiary/aromatic N) is 5. The summed E-state index contributed by atoms with van der Waals surface area (Å²) in [5, 5.41) is 41.3. The van der Waals surface area contributed by atoms with Crippen LogP contribution in [0.5, 0.6) is 0 Å². The van der Waals surface area contributed by atoms with Crippen LogP contribution >= 0.6 is 0 Å². The van der Waals surface area contributed by atoms with Crippen molar-refractivity contribution < 1.29 is 29.3 Å². The normalized spacial score (nSPS) is 8.97. The van der Waals surface area contributed by atoms with Gasteiger partial charge in [0.1, 0.15) is 0 Å². The van der Waals surface area contributed by atoms with Gasteiger partial charge in [0.25, 0.3) is 0 Å². The first-order valence-electron chi connectivity index (χ1n) is 11.1. The second kappa shape index (κ2) is 30.0. The van der Waals surface area contributed by atoms with Crippen molar-refractivity contribution in [1.29, 1.82) is 15.8 Å². The summed E-state index contributed by atoms with van der Waals surface area (Å²) >= 11 is 0. The quantitative estimate of drug-likeness (QED) is 0.241. The molecule has 0 aromatic rings. The molecule has 2 amide bonds. The topological polar surface area (TPSA) is 171 Å². The molecule has 0 unspecified atom stereocenters. The van der Waals surface area contributed by atoms with Gasteiger partial charge in [-0.05, 0) is 0 Å². The molecule has 0 bridgehead atoms. The lowest BCUT2D eigenvalue weighted by molar-refractivity contribution is -0.132. The van der Waals surface area contributed by atoms with Crippen LogP contribution in [0.1, 0.15) is 39.5 Å². The minimum atomic E-state index is -0.0499. The number of hydrogen-bond acceptors (Lipinski definition) is 9. The van der Waals surface area contributed by atoms with Gasteiger partial charge in [0.15, 0.2) is 0 Å². The van der Waals surface area contributed by atoms with Crippen molar-refractivity contribution in [2.24, 2.45) is 0 Å². The maximum absolute atomic E-state index is 11.7. The fourth-order valence-corrected chi connectivity index (χ4v) is 2.20. The average Bonchev–Trinajstić information content (AvgIpc) is 2.86. The molecule has 2 N–H and O–H groups in total. The summed E-state index contributed by atoms with van der Waals surface area (Å²) in [5.41, 5.74) is 0. The molecule has 0 radical (unpaired) electrons. The molecule has 0 aliphatic heterocycles. The Balaban J connectivity index is -0.000000538. The summed E-state index contributed by atoms with van der Waals surface area (Å²) in [7, 11) is 0. The number of nitriles is 3. The molecule has 0 fully saturated rings. The first kappa shape index (κ1) is 35.6. The standard InChI is InChI=1S/C13H21N3O3.C7H15NO3.C3H3N/c1-2-13(17)16(7-11-18-9-3-5-14)8-12-19-10-4-6-15;1-2-7(11)8(3-5-9)4-6-10;1-2-3-4/h2-4,7-12H2,1H3;9-10H,2-6H2,1H3;2H,1H2. The Hall–Kier alpha value is -3.01. The minimum Gasteiger partial charge on any atom is -0.395 e.